The van der Waals surface area contributed by atoms with Gasteiger partial charge in [-0.1, -0.05) is 48.2 Å². The molecule has 1 N–H and O–H groups in total. The number of hydrogen-bond acceptors (Lipinski definition) is 4. The second-order valence-corrected chi connectivity index (χ2v) is 8.18. The summed E-state index contributed by atoms with van der Waals surface area (Å²) in [6, 6.07) is 14.3. The van der Waals surface area contributed by atoms with Crippen molar-refractivity contribution in [2.24, 2.45) is 0 Å². The molecule has 5 nitrogen and oxygen atoms in total. The minimum atomic E-state index is -0.300. The fraction of sp³-hybridized carbons (Fsp3) is 0.227. The predicted molar refractivity (Wildman–Crippen MR) is 114 cm³/mol. The van der Waals surface area contributed by atoms with Crippen molar-refractivity contribution in [3.05, 3.63) is 71.3 Å². The smallest absolute Gasteiger partial charge is 0.240 e. The lowest BCUT2D eigenvalue weighted by molar-refractivity contribution is -0.117. The van der Waals surface area contributed by atoms with Gasteiger partial charge in [0.25, 0.3) is 0 Å². The first-order valence-electron chi connectivity index (χ1n) is 9.52. The summed E-state index contributed by atoms with van der Waals surface area (Å²) in [6.45, 7) is 2.62. The highest BCUT2D eigenvalue weighted by atomic mass is 32.2. The fourth-order valence-electron chi connectivity index (χ4n) is 3.32. The van der Waals surface area contributed by atoms with Gasteiger partial charge in [0.1, 0.15) is 11.6 Å². The summed E-state index contributed by atoms with van der Waals surface area (Å²) >= 11 is 1.34. The number of halogens is 1. The van der Waals surface area contributed by atoms with Gasteiger partial charge in [0.15, 0.2) is 0 Å². The monoisotopic (exact) mass is 408 g/mol. The highest BCUT2D eigenvalue weighted by Gasteiger charge is 2.27. The van der Waals surface area contributed by atoms with E-state index in [-0.39, 0.29) is 17.0 Å². The Bertz CT molecular complexity index is 1030. The summed E-state index contributed by atoms with van der Waals surface area (Å²) in [6.07, 6.45) is 5.58. The zero-order valence-electron chi connectivity index (χ0n) is 16.0. The number of nitrogens with one attached hydrogen (secondary N) is 1. The third-order valence-corrected chi connectivity index (χ3v) is 5.74. The Kier molecular flexibility index (Phi) is 5.76. The molecule has 1 aliphatic heterocycles. The molecule has 0 saturated carbocycles. The molecule has 1 aliphatic rings. The molecule has 0 spiro atoms. The molecule has 4 rings (SSSR count). The van der Waals surface area contributed by atoms with Gasteiger partial charge in [-0.15, -0.1) is 5.10 Å². The first kappa shape index (κ1) is 19.4. The van der Waals surface area contributed by atoms with Crippen molar-refractivity contribution < 1.29 is 9.18 Å². The number of H-pyrrole nitrogens is 1. The molecule has 1 amide bonds. The molecular weight excluding hydrogens is 387 g/mol. The summed E-state index contributed by atoms with van der Waals surface area (Å²) in [7, 11) is 0. The molecular formula is C22H21FN4OS. The molecule has 0 saturated heterocycles. The number of aromatic nitrogens is 3. The van der Waals surface area contributed by atoms with E-state index in [2.05, 4.69) is 21.2 Å². The van der Waals surface area contributed by atoms with E-state index in [1.54, 1.807) is 18.2 Å². The van der Waals surface area contributed by atoms with Crippen molar-refractivity contribution in [3.63, 3.8) is 0 Å². The Morgan fingerprint density at radius 1 is 1.21 bits per heavy atom. The average molecular weight is 409 g/mol. The Hall–Kier alpha value is -2.93. The minimum absolute atomic E-state index is 0.0651. The zero-order chi connectivity index (χ0) is 20.2. The molecule has 3 aromatic rings. The van der Waals surface area contributed by atoms with Crippen LogP contribution < -0.4 is 4.90 Å². The summed E-state index contributed by atoms with van der Waals surface area (Å²) in [4.78, 5) is 19.3. The number of carbonyl (C=O) groups is 1. The normalized spacial score (nSPS) is 14.8. The summed E-state index contributed by atoms with van der Waals surface area (Å²) in [5.74, 6) is 0.380. The van der Waals surface area contributed by atoms with Crippen LogP contribution in [0.15, 0.2) is 53.7 Å². The predicted octanol–water partition coefficient (Wildman–Crippen LogP) is 4.57. The zero-order valence-corrected chi connectivity index (χ0v) is 16.8. The van der Waals surface area contributed by atoms with Gasteiger partial charge >= 0.3 is 0 Å². The van der Waals surface area contributed by atoms with E-state index in [0.717, 1.165) is 30.6 Å². The first-order valence-corrected chi connectivity index (χ1v) is 10.4. The van der Waals surface area contributed by atoms with E-state index in [4.69, 9.17) is 0 Å². The Morgan fingerprint density at radius 3 is 2.83 bits per heavy atom. The lowest BCUT2D eigenvalue weighted by atomic mass is 10.0. The maximum Gasteiger partial charge on any atom is 0.240 e. The summed E-state index contributed by atoms with van der Waals surface area (Å²) < 4.78 is 13.0. The van der Waals surface area contributed by atoms with Crippen LogP contribution in [-0.2, 0) is 11.2 Å². The third-order valence-electron chi connectivity index (χ3n) is 4.79. The van der Waals surface area contributed by atoms with E-state index in [9.17, 15) is 9.18 Å². The van der Waals surface area contributed by atoms with E-state index < -0.39 is 0 Å². The number of aryl methyl sites for hydroxylation is 1. The molecule has 7 heteroatoms. The molecule has 2 aromatic carbocycles. The number of aromatic amines is 1. The van der Waals surface area contributed by atoms with E-state index in [0.29, 0.717) is 11.0 Å². The Balaban J connectivity index is 1.41. The third kappa shape index (κ3) is 4.56. The molecule has 148 valence electrons. The molecule has 2 heterocycles. The van der Waals surface area contributed by atoms with Crippen molar-refractivity contribution >= 4 is 35.5 Å². The van der Waals surface area contributed by atoms with Gasteiger partial charge in [-0.3, -0.25) is 9.89 Å². The van der Waals surface area contributed by atoms with Crippen molar-refractivity contribution in [1.82, 2.24) is 15.2 Å². The van der Waals surface area contributed by atoms with Gasteiger partial charge in [-0.2, -0.15) is 0 Å². The standard InChI is InChI=1S/C22H21FN4OS/c1-15(21(28)27-14-4-6-17-5-2-3-7-19(17)27)29-22-24-20(25-26-22)13-10-16-8-11-18(23)12-9-16/h2-3,5,7-13,15H,4,6,14H2,1H3,(H,24,25,26). The maximum absolute atomic E-state index is 13.0. The van der Waals surface area contributed by atoms with E-state index in [1.807, 2.05) is 36.1 Å². The van der Waals surface area contributed by atoms with Gasteiger partial charge in [-0.25, -0.2) is 9.37 Å². The van der Waals surface area contributed by atoms with Crippen LogP contribution in [0.4, 0.5) is 10.1 Å². The molecule has 1 aromatic heterocycles. The number of hydrogen-bond donors (Lipinski definition) is 1. The van der Waals surface area contributed by atoms with Crippen LogP contribution in [0.5, 0.6) is 0 Å². The summed E-state index contributed by atoms with van der Waals surface area (Å²) in [5.41, 5.74) is 3.09. The molecule has 1 atom stereocenters. The quantitative estimate of drug-likeness (QED) is 0.628. The van der Waals surface area contributed by atoms with Crippen molar-refractivity contribution in [2.45, 2.75) is 30.2 Å². The minimum Gasteiger partial charge on any atom is -0.311 e. The fourth-order valence-corrected chi connectivity index (χ4v) is 4.12. The first-order chi connectivity index (χ1) is 14.1. The topological polar surface area (TPSA) is 61.9 Å². The van der Waals surface area contributed by atoms with Crippen LogP contribution >= 0.6 is 11.8 Å². The number of fused-ring (bicyclic) bond motifs is 1. The van der Waals surface area contributed by atoms with Crippen LogP contribution in [0.1, 0.15) is 30.3 Å². The van der Waals surface area contributed by atoms with E-state index in [1.165, 1.54) is 29.5 Å². The van der Waals surface area contributed by atoms with Crippen molar-refractivity contribution in [2.75, 3.05) is 11.4 Å². The number of para-hydroxylation sites is 1. The summed E-state index contributed by atoms with van der Waals surface area (Å²) in [5, 5.41) is 7.28. The van der Waals surface area contributed by atoms with Gasteiger partial charge < -0.3 is 4.90 Å². The van der Waals surface area contributed by atoms with Crippen LogP contribution in [0.2, 0.25) is 0 Å². The van der Waals surface area contributed by atoms with Crippen molar-refractivity contribution in [1.29, 1.82) is 0 Å². The number of benzene rings is 2. The maximum atomic E-state index is 13.0. The van der Waals surface area contributed by atoms with Crippen LogP contribution in [-0.4, -0.2) is 32.9 Å². The largest absolute Gasteiger partial charge is 0.311 e. The van der Waals surface area contributed by atoms with Crippen LogP contribution in [0.3, 0.4) is 0 Å². The average Bonchev–Trinajstić information content (AvgIpc) is 3.19. The van der Waals surface area contributed by atoms with Crippen LogP contribution in [0, 0.1) is 5.82 Å². The highest BCUT2D eigenvalue weighted by Crippen LogP contribution is 2.30. The highest BCUT2D eigenvalue weighted by molar-refractivity contribution is 8.00. The van der Waals surface area contributed by atoms with Gasteiger partial charge in [0.2, 0.25) is 11.1 Å². The second-order valence-electron chi connectivity index (χ2n) is 6.87. The molecule has 0 radical (unpaired) electrons. The van der Waals surface area contributed by atoms with Gasteiger partial charge in [0, 0.05) is 12.2 Å². The number of anilines is 1. The van der Waals surface area contributed by atoms with Gasteiger partial charge in [-0.05, 0) is 55.2 Å². The van der Waals surface area contributed by atoms with Gasteiger partial charge in [0.05, 0.1) is 5.25 Å². The number of thioether (sulfide) groups is 1. The number of nitrogens with zero attached hydrogens (tertiary/aromatic N) is 3. The lowest BCUT2D eigenvalue weighted by Crippen LogP contribution is -2.40. The molecule has 1 unspecified atom stereocenters. The number of carbonyl (C=O) groups excluding carboxylic acids is 1. The Morgan fingerprint density at radius 2 is 2.00 bits per heavy atom. The van der Waals surface area contributed by atoms with Crippen LogP contribution in [0.25, 0.3) is 12.2 Å². The molecule has 29 heavy (non-hydrogen) atoms. The second kappa shape index (κ2) is 8.61. The molecule has 0 fully saturated rings. The Labute approximate surface area is 173 Å². The number of amides is 1. The SMILES string of the molecule is CC(Sc1n[nH]c(C=Cc2ccc(F)cc2)n1)C(=O)N1CCCc2ccccc21. The van der Waals surface area contributed by atoms with E-state index >= 15 is 0 Å². The number of rotatable bonds is 5. The molecule has 0 aliphatic carbocycles. The lowest BCUT2D eigenvalue weighted by Gasteiger charge is -2.31. The molecule has 0 bridgehead atoms. The van der Waals surface area contributed by atoms with Crippen molar-refractivity contribution in [3.8, 4) is 0 Å².